The van der Waals surface area contributed by atoms with Gasteiger partial charge >= 0.3 is 0 Å². The van der Waals surface area contributed by atoms with Gasteiger partial charge in [-0.25, -0.2) is 4.68 Å². The maximum absolute atomic E-state index is 12.1. The van der Waals surface area contributed by atoms with Crippen molar-refractivity contribution < 1.29 is 9.53 Å². The molecular weight excluding hydrogens is 296 g/mol. The quantitative estimate of drug-likeness (QED) is 0.782. The van der Waals surface area contributed by atoms with Crippen molar-refractivity contribution in [3.8, 4) is 0 Å². The van der Waals surface area contributed by atoms with Crippen molar-refractivity contribution in [2.45, 2.75) is 13.1 Å². The highest BCUT2D eigenvalue weighted by Crippen LogP contribution is 2.17. The van der Waals surface area contributed by atoms with Gasteiger partial charge < -0.3 is 14.5 Å². The van der Waals surface area contributed by atoms with E-state index in [4.69, 9.17) is 4.74 Å². The summed E-state index contributed by atoms with van der Waals surface area (Å²) in [6.45, 7) is 4.10. The van der Waals surface area contributed by atoms with E-state index in [1.807, 2.05) is 0 Å². The van der Waals surface area contributed by atoms with Crippen molar-refractivity contribution in [1.29, 1.82) is 0 Å². The molecule has 0 aliphatic carbocycles. The van der Waals surface area contributed by atoms with Crippen LogP contribution in [0.15, 0.2) is 30.6 Å². The Bertz CT molecular complexity index is 622. The van der Waals surface area contributed by atoms with Gasteiger partial charge in [-0.3, -0.25) is 4.79 Å². The molecule has 23 heavy (non-hydrogen) atoms. The summed E-state index contributed by atoms with van der Waals surface area (Å²) in [7, 11) is 1.78. The molecule has 1 saturated heterocycles. The Balaban J connectivity index is 1.55. The minimum Gasteiger partial charge on any atom is -0.378 e. The Morgan fingerprint density at radius 1 is 1.26 bits per heavy atom. The van der Waals surface area contributed by atoms with Crippen LogP contribution in [-0.2, 0) is 22.6 Å². The molecule has 0 saturated carbocycles. The summed E-state index contributed by atoms with van der Waals surface area (Å²) in [6, 6.07) is 8.32. The van der Waals surface area contributed by atoms with Crippen LogP contribution in [0.3, 0.4) is 0 Å². The number of ether oxygens (including phenoxy) is 1. The number of tetrazole rings is 1. The number of anilines is 1. The third-order valence-corrected chi connectivity index (χ3v) is 3.85. The Labute approximate surface area is 134 Å². The van der Waals surface area contributed by atoms with E-state index in [2.05, 4.69) is 44.7 Å². The standard InChI is InChI=1S/C15H20N6O2/c1-19(15(22)11-21-12-16-17-18-21)10-13-2-4-14(5-3-13)20-6-8-23-9-7-20/h2-5,12H,6-11H2,1H3. The molecule has 0 spiro atoms. The van der Waals surface area contributed by atoms with E-state index in [0.717, 1.165) is 31.9 Å². The van der Waals surface area contributed by atoms with Gasteiger partial charge in [0.1, 0.15) is 12.9 Å². The van der Waals surface area contributed by atoms with E-state index in [-0.39, 0.29) is 12.5 Å². The smallest absolute Gasteiger partial charge is 0.244 e. The van der Waals surface area contributed by atoms with Gasteiger partial charge in [0.25, 0.3) is 0 Å². The van der Waals surface area contributed by atoms with Crippen LogP contribution < -0.4 is 4.90 Å². The summed E-state index contributed by atoms with van der Waals surface area (Å²) in [5, 5.41) is 10.7. The molecule has 8 nitrogen and oxygen atoms in total. The van der Waals surface area contributed by atoms with Crippen LogP contribution in [0.1, 0.15) is 5.56 Å². The largest absolute Gasteiger partial charge is 0.378 e. The van der Waals surface area contributed by atoms with Crippen LogP contribution in [0.2, 0.25) is 0 Å². The Kier molecular flexibility index (Phi) is 4.82. The summed E-state index contributed by atoms with van der Waals surface area (Å²) in [5.74, 6) is -0.0328. The molecule has 1 fully saturated rings. The van der Waals surface area contributed by atoms with Gasteiger partial charge in [-0.15, -0.1) is 5.10 Å². The Morgan fingerprint density at radius 3 is 2.65 bits per heavy atom. The van der Waals surface area contributed by atoms with Crippen LogP contribution in [-0.4, -0.2) is 64.4 Å². The second kappa shape index (κ2) is 7.19. The van der Waals surface area contributed by atoms with E-state index < -0.39 is 0 Å². The highest BCUT2D eigenvalue weighted by atomic mass is 16.5. The average molecular weight is 316 g/mol. The molecule has 3 rings (SSSR count). The molecule has 8 heteroatoms. The maximum Gasteiger partial charge on any atom is 0.244 e. The van der Waals surface area contributed by atoms with E-state index in [0.29, 0.717) is 6.54 Å². The SMILES string of the molecule is CN(Cc1ccc(N2CCOCC2)cc1)C(=O)Cn1cnnn1. The molecule has 0 bridgehead atoms. The van der Waals surface area contributed by atoms with E-state index in [9.17, 15) is 4.79 Å². The molecule has 2 aromatic rings. The first kappa shape index (κ1) is 15.4. The van der Waals surface area contributed by atoms with E-state index >= 15 is 0 Å². The van der Waals surface area contributed by atoms with Gasteiger partial charge in [0.2, 0.25) is 5.91 Å². The van der Waals surface area contributed by atoms with Crippen LogP contribution in [0.5, 0.6) is 0 Å². The van der Waals surface area contributed by atoms with Crippen molar-refractivity contribution in [2.24, 2.45) is 0 Å². The molecular formula is C15H20N6O2. The third kappa shape index (κ3) is 4.04. The molecule has 0 atom stereocenters. The Hall–Kier alpha value is -2.48. The molecule has 1 aliphatic rings. The van der Waals surface area contributed by atoms with Gasteiger partial charge in [-0.05, 0) is 28.1 Å². The van der Waals surface area contributed by atoms with Gasteiger partial charge in [0, 0.05) is 32.4 Å². The van der Waals surface area contributed by atoms with Crippen molar-refractivity contribution in [1.82, 2.24) is 25.1 Å². The number of nitrogens with zero attached hydrogens (tertiary/aromatic N) is 6. The second-order valence-corrected chi connectivity index (χ2v) is 5.52. The monoisotopic (exact) mass is 316 g/mol. The fourth-order valence-electron chi connectivity index (χ4n) is 2.51. The molecule has 0 radical (unpaired) electrons. The number of morpholine rings is 1. The predicted molar refractivity (Wildman–Crippen MR) is 83.8 cm³/mol. The molecule has 0 unspecified atom stereocenters. The van der Waals surface area contributed by atoms with Crippen LogP contribution in [0.4, 0.5) is 5.69 Å². The maximum atomic E-state index is 12.1. The van der Waals surface area contributed by atoms with Crippen LogP contribution >= 0.6 is 0 Å². The molecule has 1 aromatic carbocycles. The zero-order valence-electron chi connectivity index (χ0n) is 13.1. The lowest BCUT2D eigenvalue weighted by Gasteiger charge is -2.29. The highest BCUT2D eigenvalue weighted by molar-refractivity contribution is 5.75. The Morgan fingerprint density at radius 2 is 2.00 bits per heavy atom. The number of hydrogen-bond donors (Lipinski definition) is 0. The number of carbonyl (C=O) groups is 1. The number of benzene rings is 1. The van der Waals surface area contributed by atoms with Crippen LogP contribution in [0.25, 0.3) is 0 Å². The van der Waals surface area contributed by atoms with E-state index in [1.54, 1.807) is 11.9 Å². The van der Waals surface area contributed by atoms with Crippen molar-refractivity contribution in [2.75, 3.05) is 38.3 Å². The first-order valence-electron chi connectivity index (χ1n) is 7.59. The zero-order valence-corrected chi connectivity index (χ0v) is 13.1. The van der Waals surface area contributed by atoms with E-state index in [1.165, 1.54) is 16.7 Å². The highest BCUT2D eigenvalue weighted by Gasteiger charge is 2.13. The number of rotatable bonds is 5. The summed E-state index contributed by atoms with van der Waals surface area (Å²) in [5.41, 5.74) is 2.29. The number of aromatic nitrogens is 4. The van der Waals surface area contributed by atoms with Gasteiger partial charge in [0.15, 0.2) is 0 Å². The molecule has 1 aromatic heterocycles. The first-order valence-corrected chi connectivity index (χ1v) is 7.59. The zero-order chi connectivity index (χ0) is 16.1. The molecule has 1 amide bonds. The van der Waals surface area contributed by atoms with Gasteiger partial charge in [-0.2, -0.15) is 0 Å². The molecule has 2 heterocycles. The summed E-state index contributed by atoms with van der Waals surface area (Å²) in [6.07, 6.45) is 1.43. The first-order chi connectivity index (χ1) is 11.2. The summed E-state index contributed by atoms with van der Waals surface area (Å²) < 4.78 is 6.78. The van der Waals surface area contributed by atoms with Crippen molar-refractivity contribution >= 4 is 11.6 Å². The summed E-state index contributed by atoms with van der Waals surface area (Å²) in [4.78, 5) is 16.1. The van der Waals surface area contributed by atoms with Gasteiger partial charge in [-0.1, -0.05) is 12.1 Å². The molecule has 122 valence electrons. The minimum atomic E-state index is -0.0328. The minimum absolute atomic E-state index is 0.0328. The number of hydrogen-bond acceptors (Lipinski definition) is 6. The average Bonchev–Trinajstić information content (AvgIpc) is 3.09. The van der Waals surface area contributed by atoms with Crippen molar-refractivity contribution in [3.05, 3.63) is 36.2 Å². The molecule has 1 aliphatic heterocycles. The fourth-order valence-corrected chi connectivity index (χ4v) is 2.51. The van der Waals surface area contributed by atoms with Gasteiger partial charge in [0.05, 0.1) is 13.2 Å². The lowest BCUT2D eigenvalue weighted by molar-refractivity contribution is -0.131. The summed E-state index contributed by atoms with van der Waals surface area (Å²) >= 11 is 0. The molecule has 0 N–H and O–H groups in total. The predicted octanol–water partition coefficient (Wildman–Crippen LogP) is 0.168. The lowest BCUT2D eigenvalue weighted by Crippen LogP contribution is -2.36. The normalized spacial score (nSPS) is 14.7. The third-order valence-electron chi connectivity index (χ3n) is 3.85. The second-order valence-electron chi connectivity index (χ2n) is 5.52. The topological polar surface area (TPSA) is 76.4 Å². The number of amides is 1. The fraction of sp³-hybridized carbons (Fsp3) is 0.467. The number of likely N-dealkylation sites (N-methyl/N-ethyl adjacent to an activating group) is 1. The number of carbonyl (C=O) groups excluding carboxylic acids is 1. The lowest BCUT2D eigenvalue weighted by atomic mass is 10.1. The van der Waals surface area contributed by atoms with Crippen LogP contribution in [0, 0.1) is 0 Å². The van der Waals surface area contributed by atoms with Crippen molar-refractivity contribution in [3.63, 3.8) is 0 Å².